The van der Waals surface area contributed by atoms with Crippen molar-refractivity contribution < 1.29 is 4.79 Å². The van der Waals surface area contributed by atoms with Crippen molar-refractivity contribution in [3.05, 3.63) is 54.5 Å². The second-order valence-electron chi connectivity index (χ2n) is 6.38. The van der Waals surface area contributed by atoms with E-state index in [1.165, 1.54) is 5.56 Å². The highest BCUT2D eigenvalue weighted by Crippen LogP contribution is 2.22. The minimum absolute atomic E-state index is 0.113. The number of piperidine rings is 1. The Hall–Kier alpha value is -2.96. The van der Waals surface area contributed by atoms with Crippen molar-refractivity contribution >= 4 is 17.6 Å². The second-order valence-corrected chi connectivity index (χ2v) is 6.38. The Morgan fingerprint density at radius 3 is 2.84 bits per heavy atom. The van der Waals surface area contributed by atoms with Crippen LogP contribution in [-0.4, -0.2) is 43.6 Å². The van der Waals surface area contributed by atoms with Crippen LogP contribution in [0.25, 0.3) is 5.65 Å². The van der Waals surface area contributed by atoms with Crippen LogP contribution in [0.15, 0.2) is 48.9 Å². The smallest absolute Gasteiger partial charge is 0.324 e. The molecular formula is C18H20N6O. The largest absolute Gasteiger partial charge is 0.324 e. The number of nitrogens with one attached hydrogen (secondary N) is 1. The van der Waals surface area contributed by atoms with E-state index in [1.807, 2.05) is 41.6 Å². The van der Waals surface area contributed by atoms with Crippen molar-refractivity contribution in [2.45, 2.75) is 19.3 Å². The Bertz CT molecular complexity index is 854. The average molecular weight is 336 g/mol. The van der Waals surface area contributed by atoms with Gasteiger partial charge in [0.2, 0.25) is 5.95 Å². The number of carbonyl (C=O) groups is 1. The summed E-state index contributed by atoms with van der Waals surface area (Å²) >= 11 is 0. The Morgan fingerprint density at radius 1 is 1.16 bits per heavy atom. The Morgan fingerprint density at radius 2 is 2.04 bits per heavy atom. The number of urea groups is 1. The monoisotopic (exact) mass is 336 g/mol. The summed E-state index contributed by atoms with van der Waals surface area (Å²) in [5.74, 6) is 1.06. The molecule has 7 heteroatoms. The molecule has 7 nitrogen and oxygen atoms in total. The predicted molar refractivity (Wildman–Crippen MR) is 94.2 cm³/mol. The summed E-state index contributed by atoms with van der Waals surface area (Å²) in [6.45, 7) is 1.51. The van der Waals surface area contributed by atoms with Crippen LogP contribution in [0, 0.1) is 5.92 Å². The molecule has 128 valence electrons. The summed E-state index contributed by atoms with van der Waals surface area (Å²) in [6.07, 6.45) is 8.59. The number of carbonyl (C=O) groups excluding carboxylic acids is 1. The molecule has 25 heavy (non-hydrogen) atoms. The van der Waals surface area contributed by atoms with Crippen LogP contribution in [0.5, 0.6) is 0 Å². The van der Waals surface area contributed by atoms with Gasteiger partial charge in [-0.1, -0.05) is 12.1 Å². The first-order valence-electron chi connectivity index (χ1n) is 8.54. The summed E-state index contributed by atoms with van der Waals surface area (Å²) in [5.41, 5.74) is 1.98. The molecule has 0 aliphatic carbocycles. The normalized spacial score (nSPS) is 15.4. The fraction of sp³-hybridized carbons (Fsp3) is 0.333. The van der Waals surface area contributed by atoms with Crippen LogP contribution in [0.2, 0.25) is 0 Å². The zero-order valence-corrected chi connectivity index (χ0v) is 13.9. The topological polar surface area (TPSA) is 75.4 Å². The van der Waals surface area contributed by atoms with Gasteiger partial charge in [0.1, 0.15) is 0 Å². The minimum Gasteiger partial charge on any atom is -0.324 e. The van der Waals surface area contributed by atoms with Crippen LogP contribution >= 0.6 is 0 Å². The SMILES string of the molecule is O=C(Nc1nnc2ccccn12)N1CCC(Cc2cccnc2)CC1. The lowest BCUT2D eigenvalue weighted by molar-refractivity contribution is 0.182. The first-order chi connectivity index (χ1) is 12.3. The number of amides is 2. The van der Waals surface area contributed by atoms with E-state index in [4.69, 9.17) is 0 Å². The quantitative estimate of drug-likeness (QED) is 0.798. The minimum atomic E-state index is -0.113. The van der Waals surface area contributed by atoms with Crippen molar-refractivity contribution in [3.63, 3.8) is 0 Å². The Labute approximate surface area is 145 Å². The van der Waals surface area contributed by atoms with Crippen molar-refractivity contribution in [2.24, 2.45) is 5.92 Å². The molecule has 0 unspecified atom stereocenters. The lowest BCUT2D eigenvalue weighted by Crippen LogP contribution is -2.41. The highest BCUT2D eigenvalue weighted by atomic mass is 16.2. The van der Waals surface area contributed by atoms with E-state index in [2.05, 4.69) is 26.6 Å². The molecule has 1 aliphatic heterocycles. The molecule has 1 fully saturated rings. The van der Waals surface area contributed by atoms with Crippen LogP contribution in [0.1, 0.15) is 18.4 Å². The highest BCUT2D eigenvalue weighted by Gasteiger charge is 2.24. The molecule has 1 saturated heterocycles. The summed E-state index contributed by atoms with van der Waals surface area (Å²) in [4.78, 5) is 18.5. The van der Waals surface area contributed by atoms with Crippen molar-refractivity contribution in [3.8, 4) is 0 Å². The van der Waals surface area contributed by atoms with Gasteiger partial charge in [-0.25, -0.2) is 4.79 Å². The third-order valence-electron chi connectivity index (χ3n) is 4.68. The second kappa shape index (κ2) is 6.88. The molecule has 4 heterocycles. The maximum atomic E-state index is 12.5. The molecule has 0 spiro atoms. The standard InChI is InChI=1S/C18H20N6O/c25-18(20-17-22-21-16-5-1-2-9-24(16)17)23-10-6-14(7-11-23)12-15-4-3-8-19-13-15/h1-5,8-9,13-14H,6-7,10-12H2,(H,20,22,25). The van der Waals surface area contributed by atoms with E-state index in [-0.39, 0.29) is 6.03 Å². The number of hydrogen-bond donors (Lipinski definition) is 1. The summed E-state index contributed by atoms with van der Waals surface area (Å²) in [7, 11) is 0. The fourth-order valence-corrected chi connectivity index (χ4v) is 3.29. The Balaban J connectivity index is 1.33. The predicted octanol–water partition coefficient (Wildman–Crippen LogP) is 2.61. The number of likely N-dealkylation sites (tertiary alicyclic amines) is 1. The van der Waals surface area contributed by atoms with E-state index in [0.717, 1.165) is 32.4 Å². The molecule has 4 rings (SSSR count). The molecule has 0 radical (unpaired) electrons. The molecular weight excluding hydrogens is 316 g/mol. The number of anilines is 1. The number of aromatic nitrogens is 4. The molecule has 0 aromatic carbocycles. The summed E-state index contributed by atoms with van der Waals surface area (Å²) in [5, 5.41) is 11.0. The molecule has 0 atom stereocenters. The van der Waals surface area contributed by atoms with Gasteiger partial charge in [0, 0.05) is 31.7 Å². The average Bonchev–Trinajstić information content (AvgIpc) is 3.06. The lowest BCUT2D eigenvalue weighted by atomic mass is 9.91. The van der Waals surface area contributed by atoms with Gasteiger partial charge in [-0.3, -0.25) is 14.7 Å². The van der Waals surface area contributed by atoms with Gasteiger partial charge >= 0.3 is 6.03 Å². The van der Waals surface area contributed by atoms with E-state index in [9.17, 15) is 4.79 Å². The molecule has 1 N–H and O–H groups in total. The van der Waals surface area contributed by atoms with Gasteiger partial charge in [0.25, 0.3) is 0 Å². The highest BCUT2D eigenvalue weighted by molar-refractivity contribution is 5.87. The number of pyridine rings is 2. The third-order valence-corrected chi connectivity index (χ3v) is 4.68. The van der Waals surface area contributed by atoms with Gasteiger partial charge in [0.15, 0.2) is 5.65 Å². The molecule has 1 aliphatic rings. The lowest BCUT2D eigenvalue weighted by Gasteiger charge is -2.31. The molecule has 3 aromatic rings. The number of nitrogens with zero attached hydrogens (tertiary/aromatic N) is 5. The maximum Gasteiger partial charge on any atom is 0.324 e. The number of fused-ring (bicyclic) bond motifs is 1. The first-order valence-corrected chi connectivity index (χ1v) is 8.54. The summed E-state index contributed by atoms with van der Waals surface area (Å²) < 4.78 is 1.77. The van der Waals surface area contributed by atoms with Crippen molar-refractivity contribution in [1.29, 1.82) is 0 Å². The van der Waals surface area contributed by atoms with Crippen molar-refractivity contribution in [2.75, 3.05) is 18.4 Å². The van der Waals surface area contributed by atoms with Crippen LogP contribution < -0.4 is 5.32 Å². The van der Waals surface area contributed by atoms with E-state index < -0.39 is 0 Å². The van der Waals surface area contributed by atoms with Gasteiger partial charge in [0.05, 0.1) is 0 Å². The molecule has 3 aromatic heterocycles. The van der Waals surface area contributed by atoms with Crippen LogP contribution in [-0.2, 0) is 6.42 Å². The molecule has 2 amide bonds. The zero-order valence-electron chi connectivity index (χ0n) is 13.9. The summed E-state index contributed by atoms with van der Waals surface area (Å²) in [6, 6.07) is 9.60. The van der Waals surface area contributed by atoms with Gasteiger partial charge < -0.3 is 4.90 Å². The van der Waals surface area contributed by atoms with Crippen LogP contribution in [0.4, 0.5) is 10.7 Å². The first kappa shape index (κ1) is 15.6. The van der Waals surface area contributed by atoms with Crippen LogP contribution in [0.3, 0.4) is 0 Å². The maximum absolute atomic E-state index is 12.5. The number of hydrogen-bond acceptors (Lipinski definition) is 4. The fourth-order valence-electron chi connectivity index (χ4n) is 3.29. The van der Waals surface area contributed by atoms with Gasteiger partial charge in [-0.05, 0) is 48.9 Å². The van der Waals surface area contributed by atoms with E-state index in [1.54, 1.807) is 10.6 Å². The number of rotatable bonds is 3. The third kappa shape index (κ3) is 3.45. The molecule has 0 saturated carbocycles. The van der Waals surface area contributed by atoms with E-state index in [0.29, 0.717) is 17.5 Å². The van der Waals surface area contributed by atoms with Gasteiger partial charge in [-0.15, -0.1) is 10.2 Å². The van der Waals surface area contributed by atoms with Gasteiger partial charge in [-0.2, -0.15) is 0 Å². The van der Waals surface area contributed by atoms with Crippen molar-refractivity contribution in [1.82, 2.24) is 24.5 Å². The molecule has 0 bridgehead atoms. The van der Waals surface area contributed by atoms with E-state index >= 15 is 0 Å². The Kier molecular flexibility index (Phi) is 4.28. The zero-order chi connectivity index (χ0) is 17.1.